The standard InChI is InChI=1S/C16H12BrFN2O3.C7H7FO2/c1-21-9-5-11-14(12(18)6-9)23-13-3-2-8(17)4-10(13)16(11)7-22-15(19)20-16;1-10-5-2-3-7(9)6(8)4-5/h2-6H,7H2,1H3,(H2,19,20);2-4,9H,1H3. The third kappa shape index (κ3) is 4.13. The topological polar surface area (TPSA) is 95.5 Å². The van der Waals surface area contributed by atoms with Gasteiger partial charge in [-0.1, -0.05) is 15.9 Å². The van der Waals surface area contributed by atoms with Gasteiger partial charge in [0.05, 0.1) is 14.2 Å². The van der Waals surface area contributed by atoms with Crippen LogP contribution in [0.5, 0.6) is 28.7 Å². The van der Waals surface area contributed by atoms with Gasteiger partial charge < -0.3 is 29.8 Å². The van der Waals surface area contributed by atoms with E-state index in [0.29, 0.717) is 22.8 Å². The lowest BCUT2D eigenvalue weighted by Crippen LogP contribution is -2.31. The average molecular weight is 521 g/mol. The molecule has 0 aliphatic carbocycles. The van der Waals surface area contributed by atoms with Crippen LogP contribution in [0.4, 0.5) is 8.78 Å². The summed E-state index contributed by atoms with van der Waals surface area (Å²) in [7, 11) is 2.91. The molecule has 2 aliphatic rings. The number of nitrogens with two attached hydrogens (primary N) is 1. The van der Waals surface area contributed by atoms with Crippen LogP contribution < -0.4 is 19.9 Å². The summed E-state index contributed by atoms with van der Waals surface area (Å²) in [5.41, 5.74) is 6.08. The van der Waals surface area contributed by atoms with Crippen molar-refractivity contribution in [2.45, 2.75) is 5.54 Å². The van der Waals surface area contributed by atoms with E-state index in [1.807, 2.05) is 12.1 Å². The highest BCUT2D eigenvalue weighted by atomic mass is 79.9. The molecule has 0 fully saturated rings. The van der Waals surface area contributed by atoms with Crippen LogP contribution in [0.3, 0.4) is 0 Å². The Morgan fingerprint density at radius 2 is 1.73 bits per heavy atom. The molecular weight excluding hydrogens is 502 g/mol. The van der Waals surface area contributed by atoms with E-state index in [1.165, 1.54) is 32.4 Å². The maximum absolute atomic E-state index is 14.5. The number of hydrogen-bond donors (Lipinski definition) is 2. The van der Waals surface area contributed by atoms with Crippen molar-refractivity contribution in [3.05, 3.63) is 75.8 Å². The van der Waals surface area contributed by atoms with Gasteiger partial charge in [-0.05, 0) is 36.4 Å². The molecule has 0 saturated heterocycles. The van der Waals surface area contributed by atoms with Gasteiger partial charge in [0.1, 0.15) is 23.9 Å². The number of fused-ring (bicyclic) bond motifs is 4. The Labute approximate surface area is 196 Å². The summed E-state index contributed by atoms with van der Waals surface area (Å²) in [6.07, 6.45) is 0. The van der Waals surface area contributed by atoms with Crippen LogP contribution in [0.15, 0.2) is 58.0 Å². The monoisotopic (exact) mass is 520 g/mol. The first-order valence-electron chi connectivity index (χ1n) is 9.64. The van der Waals surface area contributed by atoms with E-state index in [-0.39, 0.29) is 24.1 Å². The number of methoxy groups -OCH3 is 2. The van der Waals surface area contributed by atoms with Crippen molar-refractivity contribution < 1.29 is 32.8 Å². The zero-order chi connectivity index (χ0) is 23.8. The number of aromatic hydroxyl groups is 1. The Bertz CT molecular complexity index is 1250. The third-order valence-corrected chi connectivity index (χ3v) is 5.68. The second-order valence-corrected chi connectivity index (χ2v) is 8.06. The molecule has 33 heavy (non-hydrogen) atoms. The minimum absolute atomic E-state index is 0.0620. The minimum Gasteiger partial charge on any atom is -0.505 e. The molecule has 0 saturated carbocycles. The highest BCUT2D eigenvalue weighted by molar-refractivity contribution is 9.10. The van der Waals surface area contributed by atoms with Crippen molar-refractivity contribution in [2.24, 2.45) is 10.7 Å². The lowest BCUT2D eigenvalue weighted by atomic mass is 9.81. The SMILES string of the molecule is COc1cc(F)c2c(c1)C1(COC(N)=N1)c1cc(Br)ccc1O2.COc1ccc(O)c(F)c1. The number of nitrogens with zero attached hydrogens (tertiary/aromatic N) is 1. The Morgan fingerprint density at radius 3 is 2.36 bits per heavy atom. The van der Waals surface area contributed by atoms with E-state index >= 15 is 0 Å². The van der Waals surface area contributed by atoms with Gasteiger partial charge in [0, 0.05) is 27.7 Å². The predicted molar refractivity (Wildman–Crippen MR) is 120 cm³/mol. The van der Waals surface area contributed by atoms with Crippen molar-refractivity contribution in [1.82, 2.24) is 0 Å². The van der Waals surface area contributed by atoms with E-state index in [4.69, 9.17) is 29.8 Å². The molecular formula is C23H19BrF2N2O5. The molecule has 1 unspecified atom stereocenters. The maximum Gasteiger partial charge on any atom is 0.283 e. The molecule has 0 bridgehead atoms. The Balaban J connectivity index is 0.000000219. The van der Waals surface area contributed by atoms with Crippen molar-refractivity contribution in [3.63, 3.8) is 0 Å². The van der Waals surface area contributed by atoms with Crippen molar-refractivity contribution in [3.8, 4) is 28.7 Å². The maximum atomic E-state index is 14.5. The second-order valence-electron chi connectivity index (χ2n) is 7.14. The summed E-state index contributed by atoms with van der Waals surface area (Å²) in [5.74, 6) is -0.138. The van der Waals surface area contributed by atoms with E-state index in [9.17, 15) is 8.78 Å². The molecule has 3 aromatic carbocycles. The first-order chi connectivity index (χ1) is 15.8. The summed E-state index contributed by atoms with van der Waals surface area (Å²) in [6, 6.07) is 12.3. The van der Waals surface area contributed by atoms with Gasteiger partial charge in [-0.2, -0.15) is 0 Å². The Hall–Kier alpha value is -3.53. The normalized spacial score (nSPS) is 17.5. The predicted octanol–water partition coefficient (Wildman–Crippen LogP) is 4.83. The van der Waals surface area contributed by atoms with E-state index in [0.717, 1.165) is 16.1 Å². The molecule has 0 amide bonds. The van der Waals surface area contributed by atoms with Crippen LogP contribution in [-0.4, -0.2) is 32.0 Å². The number of rotatable bonds is 2. The molecule has 2 heterocycles. The van der Waals surface area contributed by atoms with Crippen molar-refractivity contribution >= 4 is 22.0 Å². The van der Waals surface area contributed by atoms with Crippen LogP contribution in [0.25, 0.3) is 0 Å². The highest BCUT2D eigenvalue weighted by Crippen LogP contribution is 2.53. The van der Waals surface area contributed by atoms with Gasteiger partial charge in [0.2, 0.25) is 0 Å². The number of aliphatic imine (C=N–C) groups is 1. The van der Waals surface area contributed by atoms with E-state index in [1.54, 1.807) is 12.1 Å². The van der Waals surface area contributed by atoms with Crippen LogP contribution in [0.2, 0.25) is 0 Å². The minimum atomic E-state index is -0.952. The van der Waals surface area contributed by atoms with Crippen LogP contribution in [0, 0.1) is 11.6 Å². The fraction of sp³-hybridized carbons (Fsp3) is 0.174. The number of halogens is 3. The van der Waals surface area contributed by atoms with Gasteiger partial charge in [0.15, 0.2) is 28.7 Å². The molecule has 7 nitrogen and oxygen atoms in total. The summed E-state index contributed by atoms with van der Waals surface area (Å²) in [6.45, 7) is 0.172. The first kappa shape index (κ1) is 22.7. The first-order valence-corrected chi connectivity index (χ1v) is 10.4. The van der Waals surface area contributed by atoms with E-state index < -0.39 is 17.2 Å². The summed E-state index contributed by atoms with van der Waals surface area (Å²) < 4.78 is 48.8. The molecule has 172 valence electrons. The van der Waals surface area contributed by atoms with Crippen molar-refractivity contribution in [1.29, 1.82) is 0 Å². The number of benzene rings is 3. The summed E-state index contributed by atoms with van der Waals surface area (Å²) >= 11 is 3.44. The Kier molecular flexibility index (Phi) is 6.03. The molecule has 3 aromatic rings. The van der Waals surface area contributed by atoms with Gasteiger partial charge in [-0.3, -0.25) is 0 Å². The van der Waals surface area contributed by atoms with Gasteiger partial charge in [0.25, 0.3) is 6.02 Å². The number of phenolic OH excluding ortho intramolecular Hbond substituents is 1. The van der Waals surface area contributed by atoms with Gasteiger partial charge >= 0.3 is 0 Å². The summed E-state index contributed by atoms with van der Waals surface area (Å²) in [4.78, 5) is 4.47. The molecule has 1 atom stereocenters. The highest BCUT2D eigenvalue weighted by Gasteiger charge is 2.48. The summed E-state index contributed by atoms with van der Waals surface area (Å²) in [5, 5.41) is 8.71. The number of hydrogen-bond acceptors (Lipinski definition) is 7. The zero-order valence-electron chi connectivity index (χ0n) is 17.6. The molecule has 5 rings (SSSR count). The van der Waals surface area contributed by atoms with Gasteiger partial charge in [-0.25, -0.2) is 13.8 Å². The second kappa shape index (κ2) is 8.78. The lowest BCUT2D eigenvalue weighted by molar-refractivity contribution is 0.261. The number of phenols is 1. The molecule has 0 aromatic heterocycles. The lowest BCUT2D eigenvalue weighted by Gasteiger charge is -2.33. The quantitative estimate of drug-likeness (QED) is 0.502. The van der Waals surface area contributed by atoms with Crippen LogP contribution in [-0.2, 0) is 10.3 Å². The number of ether oxygens (including phenoxy) is 4. The van der Waals surface area contributed by atoms with Crippen molar-refractivity contribution in [2.75, 3.05) is 20.8 Å². The molecule has 0 radical (unpaired) electrons. The van der Waals surface area contributed by atoms with Crippen LogP contribution in [0.1, 0.15) is 11.1 Å². The third-order valence-electron chi connectivity index (χ3n) is 5.18. The largest absolute Gasteiger partial charge is 0.505 e. The average Bonchev–Trinajstić information content (AvgIpc) is 3.19. The molecule has 2 aliphatic heterocycles. The fourth-order valence-electron chi connectivity index (χ4n) is 3.59. The van der Waals surface area contributed by atoms with Gasteiger partial charge in [-0.15, -0.1) is 0 Å². The smallest absolute Gasteiger partial charge is 0.283 e. The fourth-order valence-corrected chi connectivity index (χ4v) is 3.95. The van der Waals surface area contributed by atoms with E-state index in [2.05, 4.69) is 20.9 Å². The Morgan fingerprint density at radius 1 is 1.00 bits per heavy atom. The molecule has 10 heteroatoms. The van der Waals surface area contributed by atoms with Crippen LogP contribution >= 0.6 is 15.9 Å². The molecule has 3 N–H and O–H groups in total. The zero-order valence-corrected chi connectivity index (χ0v) is 19.2. The molecule has 1 spiro atoms. The number of amidine groups is 1.